The average molecular weight is 523 g/mol. The number of rotatable bonds is 8. The van der Waals surface area contributed by atoms with Gasteiger partial charge < -0.3 is 24.8 Å². The molecule has 0 unspecified atom stereocenters. The number of benzene rings is 1. The predicted molar refractivity (Wildman–Crippen MR) is 126 cm³/mol. The van der Waals surface area contributed by atoms with Crippen LogP contribution in [0.5, 0.6) is 0 Å². The van der Waals surface area contributed by atoms with E-state index >= 15 is 0 Å². The Balaban J connectivity index is 0.00000320. The molecule has 1 aromatic carbocycles. The summed E-state index contributed by atoms with van der Waals surface area (Å²) < 4.78 is 10.6. The Bertz CT molecular complexity index is 936. The zero-order chi connectivity index (χ0) is 20.5. The third kappa shape index (κ3) is 6.90. The molecule has 0 spiro atoms. The fraction of sp³-hybridized carbons (Fsp3) is 0.286. The average Bonchev–Trinajstić information content (AvgIpc) is 3.42. The molecule has 3 rings (SSSR count). The topological polar surface area (TPSA) is 105 Å². The maximum atomic E-state index is 11.8. The smallest absolute Gasteiger partial charge is 0.287 e. The number of oxazole rings is 1. The number of aromatic nitrogens is 1. The predicted octanol–water partition coefficient (Wildman–Crippen LogP) is 3.35. The molecule has 3 aromatic rings. The van der Waals surface area contributed by atoms with Crippen molar-refractivity contribution >= 4 is 35.8 Å². The van der Waals surface area contributed by atoms with Gasteiger partial charge in [-0.25, -0.2) is 9.98 Å². The van der Waals surface area contributed by atoms with Crippen molar-refractivity contribution < 1.29 is 13.6 Å². The second kappa shape index (κ2) is 12.0. The molecule has 0 saturated heterocycles. The highest BCUT2D eigenvalue weighted by atomic mass is 127. The number of furan rings is 1. The Hall–Kier alpha value is -2.82. The van der Waals surface area contributed by atoms with Crippen LogP contribution < -0.4 is 16.0 Å². The number of halogens is 1. The Morgan fingerprint density at radius 3 is 2.53 bits per heavy atom. The van der Waals surface area contributed by atoms with Gasteiger partial charge in [-0.1, -0.05) is 17.7 Å². The minimum absolute atomic E-state index is 0. The first-order chi connectivity index (χ1) is 14.2. The fourth-order valence-corrected chi connectivity index (χ4v) is 2.56. The summed E-state index contributed by atoms with van der Waals surface area (Å²) in [6.45, 7) is 6.08. The van der Waals surface area contributed by atoms with E-state index in [2.05, 4.69) is 25.9 Å². The lowest BCUT2D eigenvalue weighted by Crippen LogP contribution is -2.41. The molecule has 0 aliphatic carbocycles. The van der Waals surface area contributed by atoms with Crippen molar-refractivity contribution in [2.45, 2.75) is 20.4 Å². The van der Waals surface area contributed by atoms with E-state index in [0.717, 1.165) is 17.8 Å². The third-order valence-electron chi connectivity index (χ3n) is 4.04. The zero-order valence-corrected chi connectivity index (χ0v) is 19.3. The van der Waals surface area contributed by atoms with Crippen LogP contribution in [0.3, 0.4) is 0 Å². The van der Waals surface area contributed by atoms with E-state index in [1.807, 2.05) is 38.1 Å². The molecule has 0 atom stereocenters. The molecular formula is C21H26IN5O3. The fourth-order valence-electron chi connectivity index (χ4n) is 2.56. The number of hydrogen-bond donors (Lipinski definition) is 3. The minimum atomic E-state index is -0.245. The number of guanidine groups is 1. The molecule has 0 aliphatic heterocycles. The molecule has 3 N–H and O–H groups in total. The highest BCUT2D eigenvalue weighted by Gasteiger charge is 2.08. The molecule has 0 fully saturated rings. The quantitative estimate of drug-likeness (QED) is 0.181. The molecule has 8 nitrogen and oxygen atoms in total. The summed E-state index contributed by atoms with van der Waals surface area (Å²) in [6, 6.07) is 11.3. The van der Waals surface area contributed by atoms with Crippen molar-refractivity contribution in [3.05, 3.63) is 65.9 Å². The second-order valence-electron chi connectivity index (χ2n) is 6.37. The monoisotopic (exact) mass is 523 g/mol. The van der Waals surface area contributed by atoms with E-state index in [0.29, 0.717) is 37.2 Å². The van der Waals surface area contributed by atoms with Gasteiger partial charge >= 0.3 is 0 Å². The number of hydrogen-bond acceptors (Lipinski definition) is 5. The van der Waals surface area contributed by atoms with Crippen LogP contribution in [0.2, 0.25) is 0 Å². The van der Waals surface area contributed by atoms with E-state index in [9.17, 15) is 4.79 Å². The van der Waals surface area contributed by atoms with Crippen molar-refractivity contribution in [2.24, 2.45) is 4.99 Å². The van der Waals surface area contributed by atoms with Crippen LogP contribution in [0.25, 0.3) is 11.5 Å². The van der Waals surface area contributed by atoms with Gasteiger partial charge in [0, 0.05) is 25.2 Å². The first-order valence-corrected chi connectivity index (χ1v) is 9.51. The second-order valence-corrected chi connectivity index (χ2v) is 6.37. The lowest BCUT2D eigenvalue weighted by Gasteiger charge is -2.11. The van der Waals surface area contributed by atoms with Crippen molar-refractivity contribution in [2.75, 3.05) is 19.6 Å². The molecule has 160 valence electrons. The SMILES string of the molecule is CCNC(=NCc1coc(-c2ccc(C)cc2)n1)NCCNC(=O)c1ccco1.I. The lowest BCUT2D eigenvalue weighted by molar-refractivity contribution is 0.0926. The number of aliphatic imine (C=N–C) groups is 1. The van der Waals surface area contributed by atoms with Crippen molar-refractivity contribution in [3.63, 3.8) is 0 Å². The summed E-state index contributed by atoms with van der Waals surface area (Å²) in [5.41, 5.74) is 2.86. The van der Waals surface area contributed by atoms with Crippen LogP contribution in [-0.4, -0.2) is 36.5 Å². The van der Waals surface area contributed by atoms with Gasteiger partial charge in [0.25, 0.3) is 5.91 Å². The molecule has 9 heteroatoms. The van der Waals surface area contributed by atoms with Gasteiger partial charge in [0.05, 0.1) is 12.8 Å². The van der Waals surface area contributed by atoms with E-state index < -0.39 is 0 Å². The number of nitrogens with one attached hydrogen (secondary N) is 3. The molecule has 0 bridgehead atoms. The summed E-state index contributed by atoms with van der Waals surface area (Å²) >= 11 is 0. The summed E-state index contributed by atoms with van der Waals surface area (Å²) in [5, 5.41) is 9.11. The van der Waals surface area contributed by atoms with E-state index in [4.69, 9.17) is 8.83 Å². The molecule has 2 aromatic heterocycles. The maximum absolute atomic E-state index is 11.8. The van der Waals surface area contributed by atoms with Crippen LogP contribution in [0.15, 0.2) is 62.8 Å². The highest BCUT2D eigenvalue weighted by molar-refractivity contribution is 14.0. The first kappa shape index (κ1) is 23.5. The van der Waals surface area contributed by atoms with Gasteiger partial charge in [0.15, 0.2) is 11.7 Å². The third-order valence-corrected chi connectivity index (χ3v) is 4.04. The van der Waals surface area contributed by atoms with Gasteiger partial charge in [-0.3, -0.25) is 4.79 Å². The molecule has 2 heterocycles. The number of carbonyl (C=O) groups is 1. The van der Waals surface area contributed by atoms with Gasteiger partial charge in [0.2, 0.25) is 5.89 Å². The Kier molecular flexibility index (Phi) is 9.39. The molecule has 0 saturated carbocycles. The van der Waals surface area contributed by atoms with Gasteiger partial charge in [-0.2, -0.15) is 0 Å². The summed E-state index contributed by atoms with van der Waals surface area (Å²) in [6.07, 6.45) is 3.09. The van der Waals surface area contributed by atoms with Crippen LogP contribution in [0.4, 0.5) is 0 Å². The van der Waals surface area contributed by atoms with Crippen LogP contribution in [0, 0.1) is 6.92 Å². The van der Waals surface area contributed by atoms with Crippen molar-refractivity contribution in [1.29, 1.82) is 0 Å². The molecule has 0 aliphatic rings. The van der Waals surface area contributed by atoms with Crippen LogP contribution in [0.1, 0.15) is 28.7 Å². The lowest BCUT2D eigenvalue weighted by atomic mass is 10.1. The van der Waals surface area contributed by atoms with Crippen LogP contribution in [-0.2, 0) is 6.54 Å². The van der Waals surface area contributed by atoms with Crippen molar-refractivity contribution in [3.8, 4) is 11.5 Å². The van der Waals surface area contributed by atoms with Gasteiger partial charge in [0.1, 0.15) is 12.0 Å². The normalized spacial score (nSPS) is 10.9. The van der Waals surface area contributed by atoms with E-state index in [-0.39, 0.29) is 29.9 Å². The Morgan fingerprint density at radius 2 is 1.83 bits per heavy atom. The summed E-state index contributed by atoms with van der Waals surface area (Å²) in [5.74, 6) is 1.26. The van der Waals surface area contributed by atoms with E-state index in [1.54, 1.807) is 18.4 Å². The summed E-state index contributed by atoms with van der Waals surface area (Å²) in [4.78, 5) is 20.8. The van der Waals surface area contributed by atoms with Crippen molar-refractivity contribution in [1.82, 2.24) is 20.9 Å². The molecule has 1 amide bonds. The Morgan fingerprint density at radius 1 is 1.07 bits per heavy atom. The Labute approximate surface area is 192 Å². The molecule has 30 heavy (non-hydrogen) atoms. The molecule has 0 radical (unpaired) electrons. The number of amides is 1. The number of nitrogens with zero attached hydrogens (tertiary/aromatic N) is 2. The number of aryl methyl sites for hydroxylation is 1. The van der Waals surface area contributed by atoms with Crippen LogP contribution >= 0.6 is 24.0 Å². The standard InChI is InChI=1S/C21H25N5O3.HI/c1-3-22-21(24-11-10-23-19(27)18-5-4-12-28-18)25-13-17-14-29-20(26-17)16-8-6-15(2)7-9-16;/h4-9,12,14H,3,10-11,13H2,1-2H3,(H,23,27)(H2,22,24,25);1H. The maximum Gasteiger partial charge on any atom is 0.287 e. The van der Waals surface area contributed by atoms with E-state index in [1.165, 1.54) is 11.8 Å². The molecular weight excluding hydrogens is 497 g/mol. The highest BCUT2D eigenvalue weighted by Crippen LogP contribution is 2.19. The summed E-state index contributed by atoms with van der Waals surface area (Å²) in [7, 11) is 0. The minimum Gasteiger partial charge on any atom is -0.459 e. The zero-order valence-electron chi connectivity index (χ0n) is 17.0. The number of carbonyl (C=O) groups excluding carboxylic acids is 1. The van der Waals surface area contributed by atoms with Gasteiger partial charge in [-0.05, 0) is 38.1 Å². The first-order valence-electron chi connectivity index (χ1n) is 9.51. The van der Waals surface area contributed by atoms with Gasteiger partial charge in [-0.15, -0.1) is 24.0 Å². The largest absolute Gasteiger partial charge is 0.459 e.